The highest BCUT2D eigenvalue weighted by atomic mass is 16.3. The Morgan fingerprint density at radius 2 is 1.68 bits per heavy atom. The first-order valence-electron chi connectivity index (χ1n) is 7.09. The topological polar surface area (TPSA) is 111 Å². The number of hydrogen-bond donors (Lipinski definition) is 2. The second-order valence-corrected chi connectivity index (χ2v) is 6.21. The normalized spacial score (nSPS) is 15.7. The summed E-state index contributed by atoms with van der Waals surface area (Å²) in [6.45, 7) is 3.82. The van der Waals surface area contributed by atoms with Crippen molar-refractivity contribution >= 4 is 11.8 Å². The van der Waals surface area contributed by atoms with E-state index in [2.05, 4.69) is 16.8 Å². The predicted molar refractivity (Wildman–Crippen MR) is 81.3 cm³/mol. The Kier molecular flexibility index (Phi) is 8.25. The summed E-state index contributed by atoms with van der Waals surface area (Å²) in [6.07, 6.45) is 0.491. The minimum absolute atomic E-state index is 0.00248. The third kappa shape index (κ3) is 9.46. The van der Waals surface area contributed by atoms with E-state index in [1.807, 2.05) is 0 Å². The number of likely N-dealkylation sites (N-methyl/N-ethyl adjacent to an activating group) is 2. The largest absolute Gasteiger partial charge is 0.858 e. The van der Waals surface area contributed by atoms with Gasteiger partial charge in [-0.3, -0.25) is 0 Å². The van der Waals surface area contributed by atoms with Crippen molar-refractivity contribution in [3.8, 4) is 0 Å². The lowest BCUT2D eigenvalue weighted by Crippen LogP contribution is -2.45. The Hall–Kier alpha value is -1.48. The average molecular weight is 316 g/mol. The van der Waals surface area contributed by atoms with E-state index in [4.69, 9.17) is 5.11 Å². The third-order valence-corrected chi connectivity index (χ3v) is 2.80. The Morgan fingerprint density at radius 3 is 2.18 bits per heavy atom. The third-order valence-electron chi connectivity index (χ3n) is 2.80. The molecular formula is C14H28N4O4. The van der Waals surface area contributed by atoms with E-state index in [0.717, 1.165) is 0 Å². The molecule has 0 aromatic heterocycles. The summed E-state index contributed by atoms with van der Waals surface area (Å²) in [5.41, 5.74) is 0. The van der Waals surface area contributed by atoms with Crippen LogP contribution in [0.4, 0.5) is 0 Å². The molecule has 22 heavy (non-hydrogen) atoms. The van der Waals surface area contributed by atoms with Crippen molar-refractivity contribution in [1.29, 1.82) is 0 Å². The van der Waals surface area contributed by atoms with Gasteiger partial charge in [-0.25, -0.2) is 9.18 Å². The molecular weight excluding hydrogens is 288 g/mol. The number of quaternary nitrogens is 2. The van der Waals surface area contributed by atoms with Gasteiger partial charge in [0, 0.05) is 18.2 Å². The summed E-state index contributed by atoms with van der Waals surface area (Å²) in [5, 5.41) is 50.0. The lowest BCUT2D eigenvalue weighted by Gasteiger charge is -2.29. The Balaban J connectivity index is 4.67. The minimum atomic E-state index is -0.958. The molecule has 0 saturated heterocycles. The van der Waals surface area contributed by atoms with Crippen molar-refractivity contribution in [2.45, 2.75) is 18.9 Å². The average Bonchev–Trinajstić information content (AvgIpc) is 2.24. The molecule has 0 bridgehead atoms. The Labute approximate surface area is 132 Å². The van der Waals surface area contributed by atoms with Crippen molar-refractivity contribution in [3.63, 3.8) is 0 Å². The summed E-state index contributed by atoms with van der Waals surface area (Å²) < 4.78 is -0.0709. The summed E-state index contributed by atoms with van der Waals surface area (Å²) in [7, 11) is 6.70. The van der Waals surface area contributed by atoms with E-state index in [9.17, 15) is 15.3 Å². The first-order chi connectivity index (χ1) is 10.0. The molecule has 0 fully saturated rings. The molecule has 1 unspecified atom stereocenters. The second-order valence-electron chi connectivity index (χ2n) is 6.21. The zero-order valence-electron chi connectivity index (χ0n) is 13.9. The molecule has 2 N–H and O–H groups in total. The fraction of sp³-hybridized carbons (Fsp3) is 0.714. The Bertz CT molecular complexity index is 419. The lowest BCUT2D eigenvalue weighted by molar-refractivity contribution is -0.901. The number of hydrogen-bond acceptors (Lipinski definition) is 6. The molecule has 0 aliphatic carbocycles. The molecule has 0 heterocycles. The van der Waals surface area contributed by atoms with Crippen LogP contribution in [0.1, 0.15) is 12.8 Å². The van der Waals surface area contributed by atoms with E-state index in [0.29, 0.717) is 6.54 Å². The fourth-order valence-electron chi connectivity index (χ4n) is 1.93. The van der Waals surface area contributed by atoms with Gasteiger partial charge in [0.05, 0.1) is 34.8 Å². The molecule has 8 nitrogen and oxygen atoms in total. The van der Waals surface area contributed by atoms with Crippen LogP contribution in [0, 0.1) is 0 Å². The lowest BCUT2D eigenvalue weighted by atomic mass is 10.2. The predicted octanol–water partition coefficient (Wildman–Crippen LogP) is -2.19. The smallest absolute Gasteiger partial charge is 0.129 e. The van der Waals surface area contributed by atoms with E-state index < -0.39 is 12.0 Å². The number of rotatable bonds is 10. The van der Waals surface area contributed by atoms with Gasteiger partial charge in [0.1, 0.15) is 19.2 Å². The van der Waals surface area contributed by atoms with E-state index in [-0.39, 0.29) is 41.1 Å². The molecule has 0 aromatic carbocycles. The van der Waals surface area contributed by atoms with E-state index in [1.165, 1.54) is 6.08 Å². The highest BCUT2D eigenvalue weighted by Gasteiger charge is 2.21. The van der Waals surface area contributed by atoms with Crippen LogP contribution >= 0.6 is 0 Å². The highest BCUT2D eigenvalue weighted by molar-refractivity contribution is 5.72. The van der Waals surface area contributed by atoms with Crippen LogP contribution in [0.3, 0.4) is 0 Å². The first kappa shape index (κ1) is 20.5. The molecule has 0 aliphatic heterocycles. The minimum Gasteiger partial charge on any atom is -0.858 e. The number of aliphatic hydroxyl groups is 2. The number of aliphatic hydroxyl groups excluding tert-OH is 2. The van der Waals surface area contributed by atoms with Gasteiger partial charge in [0.15, 0.2) is 0 Å². The van der Waals surface area contributed by atoms with Crippen LogP contribution in [0.5, 0.6) is 0 Å². The molecule has 0 rings (SSSR count). The Morgan fingerprint density at radius 1 is 1.14 bits per heavy atom. The van der Waals surface area contributed by atoms with Crippen molar-refractivity contribution in [2.75, 3.05) is 47.9 Å². The van der Waals surface area contributed by atoms with Crippen LogP contribution in [0.25, 0.3) is 0 Å². The summed E-state index contributed by atoms with van der Waals surface area (Å²) in [6, 6.07) is 0. The molecule has 0 spiro atoms. The van der Waals surface area contributed by atoms with Gasteiger partial charge >= 0.3 is 0 Å². The van der Waals surface area contributed by atoms with Crippen molar-refractivity contribution in [1.82, 2.24) is 0 Å². The second kappa shape index (κ2) is 8.84. The fourth-order valence-corrected chi connectivity index (χ4v) is 1.93. The number of nitrogens with zero attached hydrogens (tertiary/aromatic N) is 4. The summed E-state index contributed by atoms with van der Waals surface area (Å²) in [5.74, 6) is -0.785. The van der Waals surface area contributed by atoms with Crippen LogP contribution in [0.2, 0.25) is 0 Å². The van der Waals surface area contributed by atoms with Crippen molar-refractivity contribution in [2.24, 2.45) is 10.2 Å². The SMILES string of the molecule is C=CCC([O-])=N[N+](C)(C)CC(O)CC([O-])=N[N+](C)(C)CCO. The summed E-state index contributed by atoms with van der Waals surface area (Å²) >= 11 is 0. The molecule has 0 aliphatic rings. The highest BCUT2D eigenvalue weighted by Crippen LogP contribution is 2.06. The van der Waals surface area contributed by atoms with Gasteiger partial charge in [0.25, 0.3) is 0 Å². The van der Waals surface area contributed by atoms with Gasteiger partial charge in [-0.1, -0.05) is 6.08 Å². The van der Waals surface area contributed by atoms with Crippen molar-refractivity contribution < 1.29 is 29.6 Å². The van der Waals surface area contributed by atoms with Crippen LogP contribution in [0.15, 0.2) is 22.9 Å². The maximum atomic E-state index is 11.8. The quantitative estimate of drug-likeness (QED) is 0.157. The van der Waals surface area contributed by atoms with Crippen molar-refractivity contribution in [3.05, 3.63) is 12.7 Å². The molecule has 8 heteroatoms. The molecule has 0 aromatic rings. The molecule has 1 atom stereocenters. The molecule has 0 amide bonds. The molecule has 0 saturated carbocycles. The molecule has 128 valence electrons. The van der Waals surface area contributed by atoms with Gasteiger partial charge in [-0.2, -0.15) is 0 Å². The van der Waals surface area contributed by atoms with E-state index in [1.54, 1.807) is 28.2 Å². The monoisotopic (exact) mass is 316 g/mol. The van der Waals surface area contributed by atoms with E-state index >= 15 is 0 Å². The zero-order chi connectivity index (χ0) is 17.4. The maximum Gasteiger partial charge on any atom is 0.129 e. The molecule has 0 radical (unpaired) electrons. The van der Waals surface area contributed by atoms with Crippen LogP contribution in [-0.4, -0.2) is 85.2 Å². The van der Waals surface area contributed by atoms with Gasteiger partial charge in [0.2, 0.25) is 0 Å². The van der Waals surface area contributed by atoms with Gasteiger partial charge in [-0.05, 0) is 6.42 Å². The van der Waals surface area contributed by atoms with Crippen LogP contribution in [-0.2, 0) is 0 Å². The first-order valence-corrected chi connectivity index (χ1v) is 7.09. The van der Waals surface area contributed by atoms with Gasteiger partial charge in [-0.15, -0.1) is 16.8 Å². The van der Waals surface area contributed by atoms with Crippen LogP contribution < -0.4 is 10.2 Å². The summed E-state index contributed by atoms with van der Waals surface area (Å²) in [4.78, 5) is 0. The van der Waals surface area contributed by atoms with Gasteiger partial charge < -0.3 is 20.4 Å². The maximum absolute atomic E-state index is 11.8. The standard InChI is InChI=1S/C14H28N4O4/c1-6-7-13(21)15-18(4,5)11-12(20)10-14(22)16-17(2,3)8-9-19/h6,12,19-20H,1,7-11H2,2-5H3. The zero-order valence-corrected chi connectivity index (χ0v) is 13.9.